The topological polar surface area (TPSA) is 109 Å². The number of ether oxygens (including phenoxy) is 2. The number of hydrogen-bond acceptors (Lipinski definition) is 7. The Balaban J connectivity index is 1.63. The Morgan fingerprint density at radius 1 is 1.32 bits per heavy atom. The van der Waals surface area contributed by atoms with Gasteiger partial charge < -0.3 is 19.9 Å². The number of hydrogen-bond donors (Lipinski definition) is 3. The summed E-state index contributed by atoms with van der Waals surface area (Å²) in [6.45, 7) is 0. The highest BCUT2D eigenvalue weighted by Gasteiger charge is 2.28. The van der Waals surface area contributed by atoms with Crippen LogP contribution in [0.3, 0.4) is 0 Å². The summed E-state index contributed by atoms with van der Waals surface area (Å²) in [7, 11) is 2.92. The number of thioether (sulfide) groups is 1. The summed E-state index contributed by atoms with van der Waals surface area (Å²) < 4.78 is 10.3. The number of amides is 2. The van der Waals surface area contributed by atoms with Crippen molar-refractivity contribution in [3.05, 3.63) is 42.0 Å². The molecule has 1 unspecified atom stereocenters. The second kappa shape index (κ2) is 8.66. The third-order valence-electron chi connectivity index (χ3n) is 4.01. The summed E-state index contributed by atoms with van der Waals surface area (Å²) in [6, 6.07) is 10.4. The summed E-state index contributed by atoms with van der Waals surface area (Å²) in [5.41, 5.74) is 3.41. The molecular weight excluding hydrogens is 382 g/mol. The zero-order chi connectivity index (χ0) is 20.1. The van der Waals surface area contributed by atoms with Crippen molar-refractivity contribution in [3.8, 4) is 17.2 Å². The number of carbonyl (C=O) groups is 2. The minimum atomic E-state index is -0.547. The first-order chi connectivity index (χ1) is 13.5. The zero-order valence-corrected chi connectivity index (χ0v) is 16.1. The van der Waals surface area contributed by atoms with Gasteiger partial charge in [-0.2, -0.15) is 5.10 Å². The molecule has 3 N–H and O–H groups in total. The van der Waals surface area contributed by atoms with Crippen LogP contribution in [0.2, 0.25) is 0 Å². The van der Waals surface area contributed by atoms with E-state index >= 15 is 0 Å². The van der Waals surface area contributed by atoms with E-state index in [0.29, 0.717) is 17.1 Å². The second-order valence-corrected chi connectivity index (χ2v) is 7.10. The Labute approximate surface area is 165 Å². The average molecular weight is 401 g/mol. The first-order valence-corrected chi connectivity index (χ1v) is 9.23. The summed E-state index contributed by atoms with van der Waals surface area (Å²) in [6.07, 6.45) is 1.24. The van der Waals surface area contributed by atoms with Crippen LogP contribution in [0.1, 0.15) is 12.0 Å². The number of aromatic hydroxyl groups is 1. The number of para-hydroxylation sites is 1. The molecule has 3 rings (SSSR count). The number of phenolic OH excluding ortho intramolecular Hbond substituents is 1. The maximum atomic E-state index is 12.2. The molecule has 2 aromatic rings. The second-order valence-electron chi connectivity index (χ2n) is 5.85. The molecule has 8 nitrogen and oxygen atoms in total. The summed E-state index contributed by atoms with van der Waals surface area (Å²) >= 11 is 1.34. The van der Waals surface area contributed by atoms with Crippen LogP contribution in [-0.4, -0.2) is 42.6 Å². The van der Waals surface area contributed by atoms with Crippen LogP contribution in [0.25, 0.3) is 0 Å². The van der Waals surface area contributed by atoms with Crippen LogP contribution in [0.4, 0.5) is 5.69 Å². The van der Waals surface area contributed by atoms with Gasteiger partial charge >= 0.3 is 0 Å². The molecule has 9 heteroatoms. The van der Waals surface area contributed by atoms with Crippen molar-refractivity contribution in [3.63, 3.8) is 0 Å². The molecule has 2 amide bonds. The molecule has 0 bridgehead atoms. The molecular formula is C19H19N3O5S. The van der Waals surface area contributed by atoms with Gasteiger partial charge in [-0.05, 0) is 12.1 Å². The Bertz CT molecular complexity index is 932. The van der Waals surface area contributed by atoms with E-state index in [9.17, 15) is 14.7 Å². The van der Waals surface area contributed by atoms with E-state index in [1.807, 2.05) is 24.3 Å². The molecule has 0 saturated heterocycles. The Hall–Kier alpha value is -3.20. The number of nitrogens with one attached hydrogen (secondary N) is 2. The highest BCUT2D eigenvalue weighted by atomic mass is 32.2. The fraction of sp³-hybridized carbons (Fsp3) is 0.211. The van der Waals surface area contributed by atoms with Crippen LogP contribution in [-0.2, 0) is 9.59 Å². The highest BCUT2D eigenvalue weighted by Crippen LogP contribution is 2.36. The summed E-state index contributed by atoms with van der Waals surface area (Å²) in [5.74, 6) is 0.0189. The van der Waals surface area contributed by atoms with Gasteiger partial charge in [-0.1, -0.05) is 12.1 Å². The predicted molar refractivity (Wildman–Crippen MR) is 106 cm³/mol. The first kappa shape index (κ1) is 19.6. The van der Waals surface area contributed by atoms with Crippen LogP contribution in [0.15, 0.2) is 46.4 Å². The number of methoxy groups -OCH3 is 2. The Morgan fingerprint density at radius 2 is 2.11 bits per heavy atom. The molecule has 28 heavy (non-hydrogen) atoms. The molecule has 0 aromatic heterocycles. The van der Waals surface area contributed by atoms with Gasteiger partial charge in [0.1, 0.15) is 17.2 Å². The minimum Gasteiger partial charge on any atom is -0.507 e. The maximum Gasteiger partial charge on any atom is 0.241 e. The molecule has 1 heterocycles. The zero-order valence-electron chi connectivity index (χ0n) is 15.3. The van der Waals surface area contributed by atoms with E-state index in [4.69, 9.17) is 9.47 Å². The van der Waals surface area contributed by atoms with Crippen molar-refractivity contribution in [2.75, 3.05) is 19.5 Å². The van der Waals surface area contributed by atoms with Gasteiger partial charge in [0.05, 0.1) is 36.9 Å². The minimum absolute atomic E-state index is 0.0338. The number of rotatable bonds is 6. The lowest BCUT2D eigenvalue weighted by Crippen LogP contribution is -2.33. The highest BCUT2D eigenvalue weighted by molar-refractivity contribution is 8.01. The molecule has 0 fully saturated rings. The van der Waals surface area contributed by atoms with E-state index in [1.54, 1.807) is 6.07 Å². The van der Waals surface area contributed by atoms with Crippen molar-refractivity contribution < 1.29 is 24.2 Å². The lowest BCUT2D eigenvalue weighted by atomic mass is 10.2. The smallest absolute Gasteiger partial charge is 0.241 e. The maximum absolute atomic E-state index is 12.2. The normalized spacial score (nSPS) is 15.6. The van der Waals surface area contributed by atoms with Gasteiger partial charge in [-0.15, -0.1) is 11.8 Å². The molecule has 146 valence electrons. The lowest BCUT2D eigenvalue weighted by Gasteiger charge is -2.23. The number of hydrazone groups is 1. The molecule has 0 spiro atoms. The van der Waals surface area contributed by atoms with Gasteiger partial charge in [0.15, 0.2) is 0 Å². The van der Waals surface area contributed by atoms with E-state index in [1.165, 1.54) is 38.3 Å². The van der Waals surface area contributed by atoms with Crippen molar-refractivity contribution in [1.82, 2.24) is 5.43 Å². The molecule has 0 radical (unpaired) electrons. The largest absolute Gasteiger partial charge is 0.507 e. The van der Waals surface area contributed by atoms with Gasteiger partial charge in [0.25, 0.3) is 0 Å². The number of phenols is 1. The molecule has 1 atom stereocenters. The van der Waals surface area contributed by atoms with Crippen molar-refractivity contribution >= 4 is 35.5 Å². The standard InChI is InChI=1S/C19H19N3O5S/c1-26-11-7-14(23)12(15(8-11)27-2)10-20-22-18(24)9-17-19(25)21-13-5-3-4-6-16(13)28-17/h3-8,10,17,23H,9H2,1-2H3,(H,21,25)(H,22,24). The molecule has 1 aliphatic rings. The monoisotopic (exact) mass is 401 g/mol. The fourth-order valence-corrected chi connectivity index (χ4v) is 3.72. The van der Waals surface area contributed by atoms with Crippen molar-refractivity contribution in [1.29, 1.82) is 0 Å². The van der Waals surface area contributed by atoms with Crippen molar-refractivity contribution in [2.24, 2.45) is 5.10 Å². The SMILES string of the molecule is COc1cc(O)c(C=NNC(=O)CC2Sc3ccccc3NC2=O)c(OC)c1. The van der Waals surface area contributed by atoms with Gasteiger partial charge in [0.2, 0.25) is 11.8 Å². The van der Waals surface area contributed by atoms with Crippen LogP contribution < -0.4 is 20.2 Å². The molecule has 0 aliphatic carbocycles. The molecule has 2 aromatic carbocycles. The Kier molecular flexibility index (Phi) is 6.05. The quantitative estimate of drug-likeness (QED) is 0.506. The van der Waals surface area contributed by atoms with E-state index in [-0.39, 0.29) is 18.1 Å². The van der Waals surface area contributed by atoms with E-state index in [0.717, 1.165) is 10.6 Å². The summed E-state index contributed by atoms with van der Waals surface area (Å²) in [4.78, 5) is 25.2. The van der Waals surface area contributed by atoms with Gasteiger partial charge in [-0.25, -0.2) is 5.43 Å². The Morgan fingerprint density at radius 3 is 2.86 bits per heavy atom. The van der Waals surface area contributed by atoms with Crippen LogP contribution >= 0.6 is 11.8 Å². The number of anilines is 1. The number of benzene rings is 2. The molecule has 0 saturated carbocycles. The average Bonchev–Trinajstić information content (AvgIpc) is 2.69. The predicted octanol–water partition coefficient (Wildman–Crippen LogP) is 2.36. The van der Waals surface area contributed by atoms with Crippen LogP contribution in [0.5, 0.6) is 17.2 Å². The lowest BCUT2D eigenvalue weighted by molar-refractivity contribution is -0.124. The van der Waals surface area contributed by atoms with E-state index in [2.05, 4.69) is 15.8 Å². The third-order valence-corrected chi connectivity index (χ3v) is 5.28. The third kappa shape index (κ3) is 4.37. The first-order valence-electron chi connectivity index (χ1n) is 8.35. The van der Waals surface area contributed by atoms with Gasteiger partial charge in [-0.3, -0.25) is 9.59 Å². The fourth-order valence-electron chi connectivity index (χ4n) is 2.61. The van der Waals surface area contributed by atoms with Crippen LogP contribution in [0, 0.1) is 0 Å². The summed E-state index contributed by atoms with van der Waals surface area (Å²) in [5, 5.41) is 16.2. The van der Waals surface area contributed by atoms with Gasteiger partial charge in [0, 0.05) is 23.4 Å². The number of carbonyl (C=O) groups excluding carboxylic acids is 2. The van der Waals surface area contributed by atoms with Crippen molar-refractivity contribution in [2.45, 2.75) is 16.6 Å². The van der Waals surface area contributed by atoms with E-state index < -0.39 is 11.2 Å². The number of nitrogens with zero attached hydrogens (tertiary/aromatic N) is 1. The number of fused-ring (bicyclic) bond motifs is 1. The molecule has 1 aliphatic heterocycles.